The second-order valence-electron chi connectivity index (χ2n) is 4.94. The summed E-state index contributed by atoms with van der Waals surface area (Å²) in [4.78, 5) is 0. The molecule has 2 rings (SSSR count). The fourth-order valence-electron chi connectivity index (χ4n) is 2.52. The first-order valence-corrected chi connectivity index (χ1v) is 7.08. The van der Waals surface area contributed by atoms with Crippen LogP contribution in [0.3, 0.4) is 0 Å². The van der Waals surface area contributed by atoms with Crippen LogP contribution < -0.4 is 18.9 Å². The van der Waals surface area contributed by atoms with Crippen molar-refractivity contribution < 1.29 is 18.9 Å². The van der Waals surface area contributed by atoms with Gasteiger partial charge in [-0.3, -0.25) is 0 Å². The molecule has 0 atom stereocenters. The van der Waals surface area contributed by atoms with E-state index in [2.05, 4.69) is 6.92 Å². The van der Waals surface area contributed by atoms with E-state index in [1.54, 1.807) is 28.4 Å². The monoisotopic (exact) mass is 302 g/mol. The molecule has 0 N–H and O–H groups in total. The van der Waals surface area contributed by atoms with Gasteiger partial charge in [-0.15, -0.1) is 0 Å². The summed E-state index contributed by atoms with van der Waals surface area (Å²) >= 11 is 0. The van der Waals surface area contributed by atoms with Crippen LogP contribution in [0.5, 0.6) is 23.0 Å². The molecule has 0 aliphatic carbocycles. The molecule has 0 saturated heterocycles. The maximum atomic E-state index is 5.49. The standard InChI is InChI=1S/C18H22O4/c1-12(15-10-13(19-2)6-8-17(15)21-4)16-11-14(20-3)7-9-18(16)22-5/h6-12H,1-5H3. The molecule has 0 aromatic heterocycles. The Morgan fingerprint density at radius 2 is 1.05 bits per heavy atom. The van der Waals surface area contributed by atoms with Gasteiger partial charge in [0.05, 0.1) is 28.4 Å². The van der Waals surface area contributed by atoms with Gasteiger partial charge in [-0.25, -0.2) is 0 Å². The number of hydrogen-bond acceptors (Lipinski definition) is 4. The maximum Gasteiger partial charge on any atom is 0.122 e. The SMILES string of the molecule is COc1ccc(OC)c(C(C)c2cc(OC)ccc2OC)c1. The first-order chi connectivity index (χ1) is 10.6. The summed E-state index contributed by atoms with van der Waals surface area (Å²) in [7, 11) is 6.65. The second-order valence-corrected chi connectivity index (χ2v) is 4.94. The van der Waals surface area contributed by atoms with Crippen LogP contribution in [0.1, 0.15) is 24.0 Å². The Bertz CT molecular complexity index is 581. The Kier molecular flexibility index (Phi) is 5.15. The summed E-state index contributed by atoms with van der Waals surface area (Å²) in [5, 5.41) is 0. The quantitative estimate of drug-likeness (QED) is 0.811. The minimum Gasteiger partial charge on any atom is -0.497 e. The zero-order valence-electron chi connectivity index (χ0n) is 13.7. The minimum absolute atomic E-state index is 0.0649. The van der Waals surface area contributed by atoms with Crippen molar-refractivity contribution >= 4 is 0 Å². The lowest BCUT2D eigenvalue weighted by atomic mass is 9.91. The van der Waals surface area contributed by atoms with Crippen molar-refractivity contribution in [2.75, 3.05) is 28.4 Å². The average molecular weight is 302 g/mol. The van der Waals surface area contributed by atoms with Crippen LogP contribution in [0, 0.1) is 0 Å². The van der Waals surface area contributed by atoms with Gasteiger partial charge in [-0.05, 0) is 36.4 Å². The molecule has 0 aliphatic heterocycles. The Morgan fingerprint density at radius 1 is 0.636 bits per heavy atom. The number of hydrogen-bond donors (Lipinski definition) is 0. The molecule has 118 valence electrons. The summed E-state index contributed by atoms with van der Waals surface area (Å²) in [5.41, 5.74) is 2.07. The molecule has 22 heavy (non-hydrogen) atoms. The van der Waals surface area contributed by atoms with E-state index in [4.69, 9.17) is 18.9 Å². The van der Waals surface area contributed by atoms with Crippen molar-refractivity contribution in [2.45, 2.75) is 12.8 Å². The lowest BCUT2D eigenvalue weighted by Crippen LogP contribution is -2.03. The summed E-state index contributed by atoms with van der Waals surface area (Å²) in [6.07, 6.45) is 0. The van der Waals surface area contributed by atoms with E-state index in [-0.39, 0.29) is 5.92 Å². The lowest BCUT2D eigenvalue weighted by Gasteiger charge is -2.20. The van der Waals surface area contributed by atoms with E-state index < -0.39 is 0 Å². The molecule has 0 radical (unpaired) electrons. The van der Waals surface area contributed by atoms with Gasteiger partial charge in [0.2, 0.25) is 0 Å². The molecule has 0 spiro atoms. The Labute approximate surface area is 131 Å². The lowest BCUT2D eigenvalue weighted by molar-refractivity contribution is 0.391. The molecule has 0 aliphatic rings. The maximum absolute atomic E-state index is 5.49. The molecular formula is C18H22O4. The zero-order chi connectivity index (χ0) is 16.1. The van der Waals surface area contributed by atoms with Crippen molar-refractivity contribution in [3.8, 4) is 23.0 Å². The molecule has 0 unspecified atom stereocenters. The van der Waals surface area contributed by atoms with Crippen LogP contribution in [0.4, 0.5) is 0 Å². The van der Waals surface area contributed by atoms with Crippen molar-refractivity contribution in [1.29, 1.82) is 0 Å². The third-order valence-corrected chi connectivity index (χ3v) is 3.81. The third kappa shape index (κ3) is 3.11. The summed E-state index contributed by atoms with van der Waals surface area (Å²) in [5.74, 6) is 3.29. The summed E-state index contributed by atoms with van der Waals surface area (Å²) in [6.45, 7) is 2.11. The molecule has 0 heterocycles. The molecule has 0 amide bonds. The highest BCUT2D eigenvalue weighted by Gasteiger charge is 2.19. The summed E-state index contributed by atoms with van der Waals surface area (Å²) < 4.78 is 21.6. The second kappa shape index (κ2) is 7.07. The topological polar surface area (TPSA) is 36.9 Å². The molecule has 0 fully saturated rings. The number of methoxy groups -OCH3 is 4. The van der Waals surface area contributed by atoms with Gasteiger partial charge >= 0.3 is 0 Å². The fourth-order valence-corrected chi connectivity index (χ4v) is 2.52. The van der Waals surface area contributed by atoms with Crippen molar-refractivity contribution in [2.24, 2.45) is 0 Å². The van der Waals surface area contributed by atoms with Crippen LogP contribution in [-0.2, 0) is 0 Å². The Balaban J connectivity index is 2.53. The van der Waals surface area contributed by atoms with Crippen LogP contribution >= 0.6 is 0 Å². The predicted molar refractivity (Wildman–Crippen MR) is 86.6 cm³/mol. The van der Waals surface area contributed by atoms with Gasteiger partial charge in [0.1, 0.15) is 23.0 Å². The van der Waals surface area contributed by atoms with Gasteiger partial charge < -0.3 is 18.9 Å². The largest absolute Gasteiger partial charge is 0.497 e. The number of ether oxygens (including phenoxy) is 4. The molecule has 4 nitrogen and oxygen atoms in total. The molecule has 0 bridgehead atoms. The van der Waals surface area contributed by atoms with E-state index in [0.29, 0.717) is 0 Å². The normalized spacial score (nSPS) is 10.5. The van der Waals surface area contributed by atoms with Gasteiger partial charge in [0.25, 0.3) is 0 Å². The fraction of sp³-hybridized carbons (Fsp3) is 0.333. The average Bonchev–Trinajstić information content (AvgIpc) is 2.59. The molecule has 2 aromatic rings. The Morgan fingerprint density at radius 3 is 1.36 bits per heavy atom. The van der Waals surface area contributed by atoms with Crippen molar-refractivity contribution in [3.63, 3.8) is 0 Å². The molecule has 4 heteroatoms. The highest BCUT2D eigenvalue weighted by Crippen LogP contribution is 2.39. The Hall–Kier alpha value is -2.36. The van der Waals surface area contributed by atoms with E-state index in [0.717, 1.165) is 34.1 Å². The van der Waals surface area contributed by atoms with Crippen molar-refractivity contribution in [3.05, 3.63) is 47.5 Å². The van der Waals surface area contributed by atoms with Gasteiger partial charge in [-0.2, -0.15) is 0 Å². The van der Waals surface area contributed by atoms with E-state index >= 15 is 0 Å². The van der Waals surface area contributed by atoms with Gasteiger partial charge in [0.15, 0.2) is 0 Å². The van der Waals surface area contributed by atoms with E-state index in [1.165, 1.54) is 0 Å². The van der Waals surface area contributed by atoms with Gasteiger partial charge in [0, 0.05) is 17.0 Å². The summed E-state index contributed by atoms with van der Waals surface area (Å²) in [6, 6.07) is 11.6. The molecular weight excluding hydrogens is 280 g/mol. The molecule has 0 saturated carbocycles. The van der Waals surface area contributed by atoms with Gasteiger partial charge in [-0.1, -0.05) is 6.92 Å². The van der Waals surface area contributed by atoms with Crippen molar-refractivity contribution in [1.82, 2.24) is 0 Å². The highest BCUT2D eigenvalue weighted by atomic mass is 16.5. The van der Waals surface area contributed by atoms with Crippen LogP contribution in [0.2, 0.25) is 0 Å². The molecule has 2 aromatic carbocycles. The zero-order valence-corrected chi connectivity index (χ0v) is 13.7. The third-order valence-electron chi connectivity index (χ3n) is 3.81. The highest BCUT2D eigenvalue weighted by molar-refractivity contribution is 5.51. The predicted octanol–water partition coefficient (Wildman–Crippen LogP) is 3.87. The minimum atomic E-state index is 0.0649. The first kappa shape index (κ1) is 16.0. The first-order valence-electron chi connectivity index (χ1n) is 7.08. The van der Waals surface area contributed by atoms with E-state index in [1.807, 2.05) is 36.4 Å². The van der Waals surface area contributed by atoms with E-state index in [9.17, 15) is 0 Å². The van der Waals surface area contributed by atoms with Crippen LogP contribution in [0.15, 0.2) is 36.4 Å². The number of rotatable bonds is 6. The van der Waals surface area contributed by atoms with Crippen LogP contribution in [-0.4, -0.2) is 28.4 Å². The smallest absolute Gasteiger partial charge is 0.122 e. The van der Waals surface area contributed by atoms with Crippen LogP contribution in [0.25, 0.3) is 0 Å². The number of benzene rings is 2.